The Morgan fingerprint density at radius 3 is 2.48 bits per heavy atom. The molecule has 7 nitrogen and oxygen atoms in total. The van der Waals surface area contributed by atoms with E-state index in [0.29, 0.717) is 19.1 Å². The summed E-state index contributed by atoms with van der Waals surface area (Å²) in [5.41, 5.74) is 4.10. The number of amides is 1. The van der Waals surface area contributed by atoms with Crippen LogP contribution in [0, 0.1) is 5.92 Å². The Morgan fingerprint density at radius 1 is 1.10 bits per heavy atom. The van der Waals surface area contributed by atoms with Crippen LogP contribution in [0.4, 0.5) is 5.69 Å². The lowest BCUT2D eigenvalue weighted by atomic mass is 9.91. The number of hydrogen-bond acceptors (Lipinski definition) is 5. The number of aromatic nitrogens is 2. The summed E-state index contributed by atoms with van der Waals surface area (Å²) in [5, 5.41) is 11.5. The molecule has 0 bridgehead atoms. The van der Waals surface area contributed by atoms with Gasteiger partial charge in [-0.3, -0.25) is 4.79 Å². The van der Waals surface area contributed by atoms with Crippen LogP contribution in [-0.2, 0) is 15.1 Å². The Balaban J connectivity index is 1.24. The summed E-state index contributed by atoms with van der Waals surface area (Å²) in [6, 6.07) is 12.2. The molecule has 2 saturated heterocycles. The fraction of sp³-hybridized carbons (Fsp3) is 0.417. The van der Waals surface area contributed by atoms with Crippen molar-refractivity contribution in [1.82, 2.24) is 14.9 Å². The number of nitrogens with zero attached hydrogens (tertiary/aromatic N) is 3. The maximum atomic E-state index is 12.4. The van der Waals surface area contributed by atoms with Crippen molar-refractivity contribution in [3.05, 3.63) is 48.2 Å². The number of piperazine rings is 1. The van der Waals surface area contributed by atoms with Gasteiger partial charge in [-0.05, 0) is 36.1 Å². The smallest absolute Gasteiger partial charge is 0.225 e. The van der Waals surface area contributed by atoms with Crippen molar-refractivity contribution in [3.8, 4) is 11.3 Å². The van der Waals surface area contributed by atoms with E-state index in [9.17, 15) is 9.90 Å². The maximum absolute atomic E-state index is 12.4. The summed E-state index contributed by atoms with van der Waals surface area (Å²) in [6.45, 7) is 3.95. The third kappa shape index (κ3) is 3.28. The fourth-order valence-corrected chi connectivity index (χ4v) is 4.62. The molecule has 3 aliphatic rings. The highest BCUT2D eigenvalue weighted by atomic mass is 16.5. The van der Waals surface area contributed by atoms with Crippen LogP contribution in [0.25, 0.3) is 22.3 Å². The average Bonchev–Trinajstić information content (AvgIpc) is 3.55. The Kier molecular flexibility index (Phi) is 4.30. The lowest BCUT2D eigenvalue weighted by Gasteiger charge is -2.36. The standard InChI is InChI=1S/C24H26N4O3/c29-23(17-1-2-17)28-11-9-27(10-12-28)21-7-8-25-22-19(21)13-20(26-22)16-3-5-18(6-4-16)24(30)14-31-15-24/h3-8,13,17,30H,1-2,9-12,14-15H2,(H,25,26). The molecule has 0 spiro atoms. The van der Waals surface area contributed by atoms with E-state index in [1.54, 1.807) is 0 Å². The van der Waals surface area contributed by atoms with Gasteiger partial charge in [-0.15, -0.1) is 0 Å². The number of benzene rings is 1. The number of H-pyrrole nitrogens is 1. The van der Waals surface area contributed by atoms with Crippen LogP contribution < -0.4 is 4.90 Å². The molecule has 0 atom stereocenters. The summed E-state index contributed by atoms with van der Waals surface area (Å²) in [7, 11) is 0. The highest BCUT2D eigenvalue weighted by molar-refractivity contribution is 5.94. The molecule has 0 radical (unpaired) electrons. The molecule has 2 aliphatic heterocycles. The molecule has 0 unspecified atom stereocenters. The van der Waals surface area contributed by atoms with Gasteiger partial charge < -0.3 is 24.6 Å². The van der Waals surface area contributed by atoms with Gasteiger partial charge in [0.25, 0.3) is 0 Å². The van der Waals surface area contributed by atoms with Gasteiger partial charge in [0.15, 0.2) is 0 Å². The Bertz CT molecular complexity index is 1120. The zero-order valence-corrected chi connectivity index (χ0v) is 17.4. The van der Waals surface area contributed by atoms with Crippen molar-refractivity contribution in [3.63, 3.8) is 0 Å². The topological polar surface area (TPSA) is 81.7 Å². The molecule has 1 amide bonds. The molecule has 1 aromatic carbocycles. The van der Waals surface area contributed by atoms with E-state index in [-0.39, 0.29) is 5.92 Å². The molecule has 4 heterocycles. The Labute approximate surface area is 180 Å². The second-order valence-electron chi connectivity index (χ2n) is 8.96. The number of rotatable bonds is 4. The first-order valence-corrected chi connectivity index (χ1v) is 11.0. The maximum Gasteiger partial charge on any atom is 0.225 e. The lowest BCUT2D eigenvalue weighted by molar-refractivity contribution is -0.184. The van der Waals surface area contributed by atoms with Crippen LogP contribution in [0.15, 0.2) is 42.6 Å². The molecule has 31 heavy (non-hydrogen) atoms. The first kappa shape index (κ1) is 18.8. The zero-order chi connectivity index (χ0) is 21.0. The fourth-order valence-electron chi connectivity index (χ4n) is 4.62. The van der Waals surface area contributed by atoms with Crippen LogP contribution >= 0.6 is 0 Å². The number of carbonyl (C=O) groups is 1. The van der Waals surface area contributed by atoms with Crippen LogP contribution in [0.1, 0.15) is 18.4 Å². The molecule has 2 N–H and O–H groups in total. The van der Waals surface area contributed by atoms with Crippen molar-refractivity contribution >= 4 is 22.6 Å². The van der Waals surface area contributed by atoms with Crippen molar-refractivity contribution in [2.24, 2.45) is 5.92 Å². The Hall–Kier alpha value is -2.90. The SMILES string of the molecule is O=C(C1CC1)N1CCN(c2ccnc3[nH]c(-c4ccc(C5(O)COC5)cc4)cc23)CC1. The number of carbonyl (C=O) groups excluding carboxylic acids is 1. The van der Waals surface area contributed by atoms with Crippen molar-refractivity contribution < 1.29 is 14.6 Å². The summed E-state index contributed by atoms with van der Waals surface area (Å²) in [5.74, 6) is 0.625. The molecule has 160 valence electrons. The minimum atomic E-state index is -0.850. The molecule has 1 aliphatic carbocycles. The highest BCUT2D eigenvalue weighted by Gasteiger charge is 2.38. The predicted molar refractivity (Wildman–Crippen MR) is 118 cm³/mol. The number of aliphatic hydroxyl groups is 1. The van der Waals surface area contributed by atoms with E-state index in [4.69, 9.17) is 4.74 Å². The predicted octanol–water partition coefficient (Wildman–Crippen LogP) is 2.51. The van der Waals surface area contributed by atoms with E-state index in [0.717, 1.165) is 72.6 Å². The van der Waals surface area contributed by atoms with E-state index in [1.807, 2.05) is 35.4 Å². The molecule has 3 fully saturated rings. The second-order valence-corrected chi connectivity index (χ2v) is 8.96. The molecular weight excluding hydrogens is 392 g/mol. The second kappa shape index (κ2) is 7.07. The molecule has 7 heteroatoms. The minimum absolute atomic E-state index is 0.287. The van der Waals surface area contributed by atoms with Gasteiger partial charge in [0.2, 0.25) is 5.91 Å². The third-order valence-corrected chi connectivity index (χ3v) is 6.78. The monoisotopic (exact) mass is 418 g/mol. The lowest BCUT2D eigenvalue weighted by Crippen LogP contribution is -2.49. The first-order valence-electron chi connectivity index (χ1n) is 11.0. The summed E-state index contributed by atoms with van der Waals surface area (Å²) in [4.78, 5) is 24.7. The van der Waals surface area contributed by atoms with Gasteiger partial charge in [-0.1, -0.05) is 24.3 Å². The summed E-state index contributed by atoms with van der Waals surface area (Å²) in [6.07, 6.45) is 3.96. The molecule has 6 rings (SSSR count). The number of anilines is 1. The van der Waals surface area contributed by atoms with Crippen LogP contribution in [0.2, 0.25) is 0 Å². The number of fused-ring (bicyclic) bond motifs is 1. The molecular formula is C24H26N4O3. The van der Waals surface area contributed by atoms with Crippen LogP contribution in [0.5, 0.6) is 0 Å². The van der Waals surface area contributed by atoms with Gasteiger partial charge >= 0.3 is 0 Å². The van der Waals surface area contributed by atoms with Gasteiger partial charge in [0, 0.05) is 55.1 Å². The number of hydrogen-bond donors (Lipinski definition) is 2. The first-order chi connectivity index (χ1) is 15.1. The van der Waals surface area contributed by atoms with Crippen LogP contribution in [0.3, 0.4) is 0 Å². The van der Waals surface area contributed by atoms with Crippen molar-refractivity contribution in [1.29, 1.82) is 0 Å². The quantitative estimate of drug-likeness (QED) is 0.680. The van der Waals surface area contributed by atoms with Crippen LogP contribution in [-0.4, -0.2) is 65.3 Å². The van der Waals surface area contributed by atoms with Gasteiger partial charge in [0.1, 0.15) is 11.2 Å². The van der Waals surface area contributed by atoms with E-state index >= 15 is 0 Å². The molecule has 2 aromatic heterocycles. The minimum Gasteiger partial charge on any atom is -0.380 e. The van der Waals surface area contributed by atoms with Gasteiger partial charge in [0.05, 0.1) is 13.2 Å². The zero-order valence-electron chi connectivity index (χ0n) is 17.4. The number of nitrogens with one attached hydrogen (secondary N) is 1. The van der Waals surface area contributed by atoms with Gasteiger partial charge in [-0.25, -0.2) is 4.98 Å². The number of aromatic amines is 1. The largest absolute Gasteiger partial charge is 0.380 e. The normalized spacial score (nSPS) is 20.7. The molecule has 1 saturated carbocycles. The Morgan fingerprint density at radius 2 is 1.84 bits per heavy atom. The van der Waals surface area contributed by atoms with Gasteiger partial charge in [-0.2, -0.15) is 0 Å². The third-order valence-electron chi connectivity index (χ3n) is 6.78. The van der Waals surface area contributed by atoms with E-state index in [1.165, 1.54) is 0 Å². The highest BCUT2D eigenvalue weighted by Crippen LogP contribution is 2.34. The van der Waals surface area contributed by atoms with E-state index < -0.39 is 5.60 Å². The molecule has 3 aromatic rings. The average molecular weight is 418 g/mol. The summed E-state index contributed by atoms with van der Waals surface area (Å²) >= 11 is 0. The van der Waals surface area contributed by atoms with Crippen molar-refractivity contribution in [2.75, 3.05) is 44.3 Å². The summed E-state index contributed by atoms with van der Waals surface area (Å²) < 4.78 is 5.16. The number of pyridine rings is 1. The number of ether oxygens (including phenoxy) is 1. The van der Waals surface area contributed by atoms with Crippen molar-refractivity contribution in [2.45, 2.75) is 18.4 Å². The van der Waals surface area contributed by atoms with E-state index in [2.05, 4.69) is 27.0 Å².